The highest BCUT2D eigenvalue weighted by Gasteiger charge is 2.40. The summed E-state index contributed by atoms with van der Waals surface area (Å²) in [5.74, 6) is 0. The Kier molecular flexibility index (Phi) is 3.37. The van der Waals surface area contributed by atoms with E-state index in [1.165, 1.54) is 16.8 Å². The highest BCUT2D eigenvalue weighted by atomic mass is 79.9. The number of nitrogens with zero attached hydrogens (tertiary/aromatic N) is 2. The van der Waals surface area contributed by atoms with Gasteiger partial charge in [-0.3, -0.25) is 9.36 Å². The van der Waals surface area contributed by atoms with Gasteiger partial charge in [-0.05, 0) is 41.8 Å². The predicted octanol–water partition coefficient (Wildman–Crippen LogP) is 3.18. The van der Waals surface area contributed by atoms with Gasteiger partial charge in [0.2, 0.25) is 0 Å². The van der Waals surface area contributed by atoms with Crippen molar-refractivity contribution in [3.63, 3.8) is 0 Å². The molecule has 21 heavy (non-hydrogen) atoms. The number of fused-ring (bicyclic) bond motifs is 1. The van der Waals surface area contributed by atoms with E-state index in [1.54, 1.807) is 6.92 Å². The van der Waals surface area contributed by atoms with Crippen molar-refractivity contribution in [2.45, 2.75) is 37.8 Å². The molecule has 0 unspecified atom stereocenters. The van der Waals surface area contributed by atoms with Crippen LogP contribution in [0.3, 0.4) is 0 Å². The molecule has 0 bridgehead atoms. The number of pyridine rings is 2. The van der Waals surface area contributed by atoms with Crippen molar-refractivity contribution in [2.24, 2.45) is 0 Å². The largest absolute Gasteiger partial charge is 0.390 e. The summed E-state index contributed by atoms with van der Waals surface area (Å²) >= 11 is 3.21. The summed E-state index contributed by atoms with van der Waals surface area (Å²) in [4.78, 5) is 16.3. The van der Waals surface area contributed by atoms with E-state index in [0.29, 0.717) is 17.3 Å². The Balaban J connectivity index is 2.24. The molecule has 2 heterocycles. The van der Waals surface area contributed by atoms with Gasteiger partial charge in [0, 0.05) is 33.7 Å². The van der Waals surface area contributed by atoms with Crippen molar-refractivity contribution < 1.29 is 13.9 Å². The fraction of sp³-hybridized carbons (Fsp3) is 0.429. The lowest BCUT2D eigenvalue weighted by molar-refractivity contribution is -0.0507. The molecule has 1 N–H and O–H groups in total. The molecule has 0 atom stereocenters. The zero-order valence-corrected chi connectivity index (χ0v) is 12.8. The van der Waals surface area contributed by atoms with Crippen LogP contribution in [0.4, 0.5) is 8.78 Å². The molecule has 1 aliphatic rings. The topological polar surface area (TPSA) is 55.1 Å². The van der Waals surface area contributed by atoms with Crippen molar-refractivity contribution in [3.8, 4) is 0 Å². The van der Waals surface area contributed by atoms with Crippen LogP contribution in [0, 0.1) is 0 Å². The zero-order valence-electron chi connectivity index (χ0n) is 11.2. The van der Waals surface area contributed by atoms with Crippen molar-refractivity contribution in [1.29, 1.82) is 0 Å². The second-order valence-corrected chi connectivity index (χ2v) is 6.61. The van der Waals surface area contributed by atoms with E-state index in [0.717, 1.165) is 6.07 Å². The molecule has 0 aliphatic heterocycles. The molecular weight excluding hydrogens is 346 g/mol. The van der Waals surface area contributed by atoms with Gasteiger partial charge >= 0.3 is 0 Å². The molecule has 0 spiro atoms. The maximum atomic E-state index is 13.1. The molecule has 4 nitrogen and oxygen atoms in total. The molecule has 1 fully saturated rings. The lowest BCUT2D eigenvalue weighted by Gasteiger charge is -2.42. The van der Waals surface area contributed by atoms with Gasteiger partial charge in [0.05, 0.1) is 5.60 Å². The third kappa shape index (κ3) is 2.48. The molecule has 0 amide bonds. The highest BCUT2D eigenvalue weighted by molar-refractivity contribution is 9.10. The van der Waals surface area contributed by atoms with Gasteiger partial charge in [0.1, 0.15) is 5.65 Å². The predicted molar refractivity (Wildman–Crippen MR) is 77.6 cm³/mol. The second kappa shape index (κ2) is 4.84. The van der Waals surface area contributed by atoms with Crippen LogP contribution in [0.25, 0.3) is 11.0 Å². The van der Waals surface area contributed by atoms with E-state index in [2.05, 4.69) is 20.9 Å². The van der Waals surface area contributed by atoms with Crippen LogP contribution in [0.2, 0.25) is 0 Å². The number of alkyl halides is 2. The molecule has 2 aromatic heterocycles. The lowest BCUT2D eigenvalue weighted by Crippen LogP contribution is -2.45. The number of rotatable bonds is 2. The first-order valence-corrected chi connectivity index (χ1v) is 7.29. The fourth-order valence-corrected chi connectivity index (χ4v) is 3.22. The molecule has 112 valence electrons. The number of halogens is 3. The Labute approximate surface area is 127 Å². The summed E-state index contributed by atoms with van der Waals surface area (Å²) in [7, 11) is 0. The number of hydrogen-bond donors (Lipinski definition) is 1. The third-order valence-corrected chi connectivity index (χ3v) is 4.27. The Morgan fingerprint density at radius 1 is 1.48 bits per heavy atom. The van der Waals surface area contributed by atoms with E-state index in [-0.39, 0.29) is 22.6 Å². The zero-order chi connectivity index (χ0) is 15.4. The number of aromatic nitrogens is 2. The Bertz CT molecular complexity index is 765. The highest BCUT2D eigenvalue weighted by Crippen LogP contribution is 2.41. The van der Waals surface area contributed by atoms with Gasteiger partial charge in [-0.1, -0.05) is 0 Å². The van der Waals surface area contributed by atoms with Crippen LogP contribution >= 0.6 is 15.9 Å². The molecule has 1 saturated carbocycles. The average molecular weight is 359 g/mol. The van der Waals surface area contributed by atoms with E-state index >= 15 is 0 Å². The Morgan fingerprint density at radius 3 is 2.71 bits per heavy atom. The van der Waals surface area contributed by atoms with Crippen LogP contribution in [0.1, 0.15) is 37.8 Å². The minimum atomic E-state index is -2.74. The summed E-state index contributed by atoms with van der Waals surface area (Å²) in [6.07, 6.45) is -0.443. The maximum Gasteiger partial charge on any atom is 0.264 e. The standard InChI is InChI=1S/C14H13BrF2N2O2/c1-14(21)4-8(5-14)19-11(20)3-9(12(16)17)10-2-7(15)6-18-13(10)19/h2-3,6,8,12,21H,4-5H2,1H3/t8-,14+. The summed E-state index contributed by atoms with van der Waals surface area (Å²) < 4.78 is 28.2. The molecule has 0 aromatic carbocycles. The van der Waals surface area contributed by atoms with E-state index in [9.17, 15) is 18.7 Å². The second-order valence-electron chi connectivity index (χ2n) is 5.69. The van der Waals surface area contributed by atoms with Gasteiger partial charge in [-0.2, -0.15) is 0 Å². The molecule has 0 saturated heterocycles. The monoisotopic (exact) mass is 358 g/mol. The minimum absolute atomic E-state index is 0.213. The Morgan fingerprint density at radius 2 is 2.14 bits per heavy atom. The van der Waals surface area contributed by atoms with Crippen LogP contribution in [0.15, 0.2) is 27.6 Å². The SMILES string of the molecule is C[C@]1(O)C[C@@H](n2c(=O)cc(C(F)F)c3cc(Br)cnc32)C1. The van der Waals surface area contributed by atoms with Gasteiger partial charge < -0.3 is 5.11 Å². The molecule has 0 radical (unpaired) electrons. The van der Waals surface area contributed by atoms with E-state index in [1.807, 2.05) is 0 Å². The molecule has 1 aliphatic carbocycles. The molecule has 2 aromatic rings. The van der Waals surface area contributed by atoms with Gasteiger partial charge in [-0.15, -0.1) is 0 Å². The first-order chi connectivity index (χ1) is 9.78. The van der Waals surface area contributed by atoms with E-state index in [4.69, 9.17) is 0 Å². The minimum Gasteiger partial charge on any atom is -0.390 e. The smallest absolute Gasteiger partial charge is 0.264 e. The normalized spacial score (nSPS) is 25.3. The molecule has 7 heteroatoms. The third-order valence-electron chi connectivity index (χ3n) is 3.84. The van der Waals surface area contributed by atoms with Crippen molar-refractivity contribution >= 4 is 27.0 Å². The van der Waals surface area contributed by atoms with Crippen molar-refractivity contribution in [3.05, 3.63) is 38.7 Å². The van der Waals surface area contributed by atoms with Crippen LogP contribution in [0.5, 0.6) is 0 Å². The van der Waals surface area contributed by atoms with Crippen molar-refractivity contribution in [1.82, 2.24) is 9.55 Å². The quantitative estimate of drug-likeness (QED) is 0.896. The molecule has 3 rings (SSSR count). The number of hydrogen-bond acceptors (Lipinski definition) is 3. The first-order valence-electron chi connectivity index (χ1n) is 6.50. The molecular formula is C14H13BrF2N2O2. The summed E-state index contributed by atoms with van der Waals surface area (Å²) in [5.41, 5.74) is -1.39. The number of aliphatic hydroxyl groups is 1. The van der Waals surface area contributed by atoms with Crippen LogP contribution < -0.4 is 5.56 Å². The summed E-state index contributed by atoms with van der Waals surface area (Å²) in [6, 6.07) is 2.29. The van der Waals surface area contributed by atoms with Gasteiger partial charge in [0.25, 0.3) is 12.0 Å². The maximum absolute atomic E-state index is 13.1. The van der Waals surface area contributed by atoms with Gasteiger partial charge in [0.15, 0.2) is 0 Å². The van der Waals surface area contributed by atoms with Crippen LogP contribution in [-0.4, -0.2) is 20.3 Å². The van der Waals surface area contributed by atoms with Gasteiger partial charge in [-0.25, -0.2) is 13.8 Å². The average Bonchev–Trinajstić information content (AvgIpc) is 2.35. The van der Waals surface area contributed by atoms with E-state index < -0.39 is 17.6 Å². The summed E-state index contributed by atoms with van der Waals surface area (Å²) in [6.45, 7) is 1.69. The first kappa shape index (κ1) is 14.6. The summed E-state index contributed by atoms with van der Waals surface area (Å²) in [5, 5.41) is 10.1. The van der Waals surface area contributed by atoms with Crippen molar-refractivity contribution in [2.75, 3.05) is 0 Å². The lowest BCUT2D eigenvalue weighted by atomic mass is 9.77. The van der Waals surface area contributed by atoms with Crippen LogP contribution in [-0.2, 0) is 0 Å². The Hall–Kier alpha value is -1.34. The fourth-order valence-electron chi connectivity index (χ4n) is 2.89.